The molecule has 0 N–H and O–H groups in total. The van der Waals surface area contributed by atoms with Gasteiger partial charge in [-0.3, -0.25) is 0 Å². The average molecular weight is 298 g/mol. The molecule has 3 rings (SSSR count). The van der Waals surface area contributed by atoms with Gasteiger partial charge in [0.05, 0.1) is 7.11 Å². The van der Waals surface area contributed by atoms with Crippen molar-refractivity contribution in [2.24, 2.45) is 0 Å². The fraction of sp³-hybridized carbons (Fsp3) is 0.0588. The predicted molar refractivity (Wildman–Crippen MR) is 89.0 cm³/mol. The third-order valence-electron chi connectivity index (χ3n) is 3.11. The Morgan fingerprint density at radius 3 is 2.25 bits per heavy atom. The highest BCUT2D eigenvalue weighted by Gasteiger charge is 2.05. The number of thiophene rings is 1. The van der Waals surface area contributed by atoms with E-state index in [0.29, 0.717) is 0 Å². The third kappa shape index (κ3) is 2.74. The molecule has 0 amide bonds. The van der Waals surface area contributed by atoms with Crippen LogP contribution in [0.1, 0.15) is 0 Å². The number of hydrogen-bond donors (Lipinski definition) is 1. The lowest BCUT2D eigenvalue weighted by atomic mass is 10.1. The minimum atomic E-state index is 0.886. The number of benzene rings is 2. The average Bonchev–Trinajstić information content (AvgIpc) is 2.98. The van der Waals surface area contributed by atoms with Gasteiger partial charge in [-0.15, -0.1) is 24.0 Å². The Balaban J connectivity index is 1.95. The smallest absolute Gasteiger partial charge is 0.119 e. The van der Waals surface area contributed by atoms with E-state index in [1.165, 1.54) is 20.9 Å². The van der Waals surface area contributed by atoms with Crippen LogP contribution in [0.3, 0.4) is 0 Å². The van der Waals surface area contributed by atoms with Gasteiger partial charge >= 0.3 is 0 Å². The lowest BCUT2D eigenvalue weighted by Gasteiger charge is -2.02. The molecule has 1 heterocycles. The maximum atomic E-state index is 5.28. The Kier molecular flexibility index (Phi) is 3.81. The van der Waals surface area contributed by atoms with E-state index in [1.807, 2.05) is 24.3 Å². The van der Waals surface area contributed by atoms with Crippen LogP contribution in [0.15, 0.2) is 65.6 Å². The van der Waals surface area contributed by atoms with Crippen molar-refractivity contribution < 1.29 is 4.74 Å². The Morgan fingerprint density at radius 1 is 0.850 bits per heavy atom. The van der Waals surface area contributed by atoms with Crippen molar-refractivity contribution in [1.29, 1.82) is 0 Å². The van der Waals surface area contributed by atoms with Crippen molar-refractivity contribution in [3.05, 3.63) is 60.7 Å². The number of hydrogen-bond acceptors (Lipinski definition) is 3. The van der Waals surface area contributed by atoms with Crippen molar-refractivity contribution in [3.8, 4) is 26.6 Å². The zero-order valence-corrected chi connectivity index (χ0v) is 12.7. The van der Waals surface area contributed by atoms with Gasteiger partial charge in [0, 0.05) is 14.6 Å². The van der Waals surface area contributed by atoms with E-state index in [0.717, 1.165) is 10.6 Å². The highest BCUT2D eigenvalue weighted by molar-refractivity contribution is 7.80. The summed E-state index contributed by atoms with van der Waals surface area (Å²) in [6.07, 6.45) is 0. The molecule has 2 aromatic carbocycles. The van der Waals surface area contributed by atoms with Crippen LogP contribution in [0.5, 0.6) is 5.75 Å². The van der Waals surface area contributed by atoms with Gasteiger partial charge in [0.2, 0.25) is 0 Å². The van der Waals surface area contributed by atoms with Crippen molar-refractivity contribution >= 4 is 24.0 Å². The summed E-state index contributed by atoms with van der Waals surface area (Å²) in [5.41, 5.74) is 2.41. The molecule has 3 heteroatoms. The molecule has 1 nitrogen and oxygen atoms in total. The van der Waals surface area contributed by atoms with Gasteiger partial charge in [0.15, 0.2) is 0 Å². The van der Waals surface area contributed by atoms with Crippen LogP contribution in [-0.4, -0.2) is 7.11 Å². The molecule has 0 aliphatic rings. The molecule has 0 spiro atoms. The SMILES string of the molecule is COc1cccc(-c2ccc(-c3ccc(S)cc3)s2)c1. The van der Waals surface area contributed by atoms with Gasteiger partial charge in [-0.05, 0) is 47.5 Å². The maximum Gasteiger partial charge on any atom is 0.119 e. The number of thiol groups is 1. The molecule has 0 saturated carbocycles. The van der Waals surface area contributed by atoms with Crippen LogP contribution in [0, 0.1) is 0 Å². The van der Waals surface area contributed by atoms with Crippen molar-refractivity contribution in [1.82, 2.24) is 0 Å². The fourth-order valence-electron chi connectivity index (χ4n) is 2.05. The summed E-state index contributed by atoms with van der Waals surface area (Å²) in [6, 6.07) is 20.7. The number of rotatable bonds is 3. The molecule has 3 aromatic rings. The van der Waals surface area contributed by atoms with Gasteiger partial charge in [-0.2, -0.15) is 0 Å². The van der Waals surface area contributed by atoms with E-state index < -0.39 is 0 Å². The number of ether oxygens (including phenoxy) is 1. The Hall–Kier alpha value is -1.71. The van der Waals surface area contributed by atoms with E-state index in [-0.39, 0.29) is 0 Å². The summed E-state index contributed by atoms with van der Waals surface area (Å²) in [6.45, 7) is 0. The lowest BCUT2D eigenvalue weighted by Crippen LogP contribution is -1.81. The molecule has 20 heavy (non-hydrogen) atoms. The van der Waals surface area contributed by atoms with E-state index in [2.05, 4.69) is 49.0 Å². The molecule has 0 saturated heterocycles. The molecule has 0 aliphatic carbocycles. The van der Waals surface area contributed by atoms with Crippen LogP contribution in [0.4, 0.5) is 0 Å². The monoisotopic (exact) mass is 298 g/mol. The minimum absolute atomic E-state index is 0.886. The highest BCUT2D eigenvalue weighted by atomic mass is 32.1. The molecule has 1 aromatic heterocycles. The third-order valence-corrected chi connectivity index (χ3v) is 4.59. The summed E-state index contributed by atoms with van der Waals surface area (Å²) >= 11 is 6.10. The largest absolute Gasteiger partial charge is 0.497 e. The van der Waals surface area contributed by atoms with E-state index in [1.54, 1.807) is 18.4 Å². The van der Waals surface area contributed by atoms with E-state index in [4.69, 9.17) is 4.74 Å². The first kappa shape index (κ1) is 13.3. The van der Waals surface area contributed by atoms with Gasteiger partial charge < -0.3 is 4.74 Å². The fourth-order valence-corrected chi connectivity index (χ4v) is 3.21. The molecule has 0 aliphatic heterocycles. The van der Waals surface area contributed by atoms with Crippen LogP contribution in [0.2, 0.25) is 0 Å². The standard InChI is InChI=1S/C17H14OS2/c1-18-14-4-2-3-13(11-14)17-10-9-16(20-17)12-5-7-15(19)8-6-12/h2-11,19H,1H3. The first-order valence-electron chi connectivity index (χ1n) is 6.30. The van der Waals surface area contributed by atoms with Gasteiger partial charge in [-0.1, -0.05) is 24.3 Å². The van der Waals surface area contributed by atoms with Crippen molar-refractivity contribution in [2.75, 3.05) is 7.11 Å². The summed E-state index contributed by atoms with van der Waals surface area (Å²) < 4.78 is 5.28. The zero-order chi connectivity index (χ0) is 13.9. The number of methoxy groups -OCH3 is 1. The Bertz CT molecular complexity index is 714. The molecule has 0 bridgehead atoms. The molecular formula is C17H14OS2. The Labute approximate surface area is 128 Å². The first-order valence-corrected chi connectivity index (χ1v) is 7.56. The molecule has 100 valence electrons. The summed E-state index contributed by atoms with van der Waals surface area (Å²) in [7, 11) is 1.69. The maximum absolute atomic E-state index is 5.28. The van der Waals surface area contributed by atoms with Crippen molar-refractivity contribution in [2.45, 2.75) is 4.90 Å². The topological polar surface area (TPSA) is 9.23 Å². The Morgan fingerprint density at radius 2 is 1.55 bits per heavy atom. The quantitative estimate of drug-likeness (QED) is 0.639. The van der Waals surface area contributed by atoms with Gasteiger partial charge in [-0.25, -0.2) is 0 Å². The summed E-state index contributed by atoms with van der Waals surface area (Å²) in [4.78, 5) is 3.49. The second-order valence-electron chi connectivity index (χ2n) is 4.44. The second-order valence-corrected chi connectivity index (χ2v) is 6.04. The van der Waals surface area contributed by atoms with Crippen molar-refractivity contribution in [3.63, 3.8) is 0 Å². The van der Waals surface area contributed by atoms with Crippen LogP contribution in [0.25, 0.3) is 20.9 Å². The van der Waals surface area contributed by atoms with Gasteiger partial charge in [0.25, 0.3) is 0 Å². The summed E-state index contributed by atoms with van der Waals surface area (Å²) in [5.74, 6) is 0.886. The molecule has 0 fully saturated rings. The van der Waals surface area contributed by atoms with Crippen LogP contribution >= 0.6 is 24.0 Å². The van der Waals surface area contributed by atoms with Crippen LogP contribution < -0.4 is 4.74 Å². The van der Waals surface area contributed by atoms with E-state index >= 15 is 0 Å². The van der Waals surface area contributed by atoms with E-state index in [9.17, 15) is 0 Å². The minimum Gasteiger partial charge on any atom is -0.497 e. The zero-order valence-electron chi connectivity index (χ0n) is 11.0. The second kappa shape index (κ2) is 5.73. The predicted octanol–water partition coefficient (Wildman–Crippen LogP) is 5.38. The lowest BCUT2D eigenvalue weighted by molar-refractivity contribution is 0.415. The molecular weight excluding hydrogens is 284 g/mol. The molecule has 0 unspecified atom stereocenters. The normalized spacial score (nSPS) is 10.5. The first-order chi connectivity index (χ1) is 9.76. The highest BCUT2D eigenvalue weighted by Crippen LogP contribution is 2.35. The molecule has 0 atom stereocenters. The summed E-state index contributed by atoms with van der Waals surface area (Å²) in [5, 5.41) is 0. The van der Waals surface area contributed by atoms with Crippen LogP contribution in [-0.2, 0) is 0 Å². The van der Waals surface area contributed by atoms with Gasteiger partial charge in [0.1, 0.15) is 5.75 Å². The molecule has 0 radical (unpaired) electrons.